The van der Waals surface area contributed by atoms with Gasteiger partial charge < -0.3 is 0 Å². The van der Waals surface area contributed by atoms with Gasteiger partial charge in [0.15, 0.2) is 23.3 Å². The van der Waals surface area contributed by atoms with Gasteiger partial charge in [0.05, 0.1) is 0 Å². The molecule has 4 heteroatoms. The Morgan fingerprint density at radius 3 is 1.06 bits per heavy atom. The lowest BCUT2D eigenvalue weighted by molar-refractivity contribution is 0.436. The Bertz CT molecular complexity index is 278. The fourth-order valence-corrected chi connectivity index (χ4v) is 0.851. The van der Waals surface area contributed by atoms with E-state index in [1.807, 2.05) is 0 Å². The molecule has 0 aliphatic heterocycles. The maximum Gasteiger partial charge on any atom is 0.165 e. The third-order valence-electron chi connectivity index (χ3n) is 2.52. The third-order valence-corrected chi connectivity index (χ3v) is 2.52. The zero-order chi connectivity index (χ0) is 13.7. The van der Waals surface area contributed by atoms with E-state index in [1.165, 1.54) is 6.42 Å². The summed E-state index contributed by atoms with van der Waals surface area (Å²) in [6, 6.07) is 0. The van der Waals surface area contributed by atoms with E-state index in [-0.39, 0.29) is 0 Å². The van der Waals surface area contributed by atoms with E-state index in [4.69, 9.17) is 0 Å². The number of rotatable bonds is 1. The maximum absolute atomic E-state index is 12.7. The Hall–Kier alpha value is -1.06. The third kappa shape index (κ3) is 4.02. The molecule has 0 bridgehead atoms. The van der Waals surface area contributed by atoms with Gasteiger partial charge in [-0.05, 0) is 19.8 Å². The Kier molecular flexibility index (Phi) is 6.21. The molecule has 0 amide bonds. The lowest BCUT2D eigenvalue weighted by Gasteiger charge is -2.04. The predicted octanol–water partition coefficient (Wildman–Crippen LogP) is 4.91. The van der Waals surface area contributed by atoms with Crippen LogP contribution in [0.3, 0.4) is 0 Å². The summed E-state index contributed by atoms with van der Waals surface area (Å²) in [7, 11) is 0. The van der Waals surface area contributed by atoms with Crippen molar-refractivity contribution in [2.75, 3.05) is 0 Å². The van der Waals surface area contributed by atoms with Crippen molar-refractivity contribution in [2.24, 2.45) is 5.92 Å². The highest BCUT2D eigenvalue weighted by Crippen LogP contribution is 2.22. The first-order chi connectivity index (χ1) is 7.73. The maximum atomic E-state index is 12.7. The van der Waals surface area contributed by atoms with Gasteiger partial charge in [0, 0.05) is 11.1 Å². The molecule has 0 aliphatic carbocycles. The van der Waals surface area contributed by atoms with Crippen LogP contribution >= 0.6 is 0 Å². The molecule has 1 aromatic rings. The smallest absolute Gasteiger partial charge is 0.165 e. The van der Waals surface area contributed by atoms with Gasteiger partial charge in [-0.3, -0.25) is 0 Å². The van der Waals surface area contributed by atoms with Gasteiger partial charge >= 0.3 is 0 Å². The molecular formula is C13H18F4. The SMILES string of the molecule is CCC(C)C.Cc1c(F)c(F)c(C)c(F)c1F. The van der Waals surface area contributed by atoms with Gasteiger partial charge in [-0.2, -0.15) is 0 Å². The Morgan fingerprint density at radius 1 is 0.765 bits per heavy atom. The van der Waals surface area contributed by atoms with Gasteiger partial charge in [0.1, 0.15) is 0 Å². The second kappa shape index (κ2) is 6.62. The summed E-state index contributed by atoms with van der Waals surface area (Å²) in [6.45, 7) is 8.61. The van der Waals surface area contributed by atoms with Crippen molar-refractivity contribution >= 4 is 0 Å². The molecule has 0 spiro atoms. The molecule has 1 aromatic carbocycles. The zero-order valence-electron chi connectivity index (χ0n) is 10.8. The molecule has 0 unspecified atom stereocenters. The molecule has 0 aromatic heterocycles. The van der Waals surface area contributed by atoms with Crippen LogP contribution in [0, 0.1) is 43.0 Å². The fourth-order valence-electron chi connectivity index (χ4n) is 0.851. The van der Waals surface area contributed by atoms with Gasteiger partial charge in [0.25, 0.3) is 0 Å². The van der Waals surface area contributed by atoms with E-state index in [9.17, 15) is 17.6 Å². The summed E-state index contributed by atoms with van der Waals surface area (Å²) >= 11 is 0. The Labute approximate surface area is 99.7 Å². The van der Waals surface area contributed by atoms with Crippen LogP contribution in [0.1, 0.15) is 38.3 Å². The van der Waals surface area contributed by atoms with Crippen LogP contribution in [-0.4, -0.2) is 0 Å². The quantitative estimate of drug-likeness (QED) is 0.490. The van der Waals surface area contributed by atoms with Crippen molar-refractivity contribution in [3.05, 3.63) is 34.4 Å². The largest absolute Gasteiger partial charge is 0.203 e. The van der Waals surface area contributed by atoms with E-state index in [1.54, 1.807) is 0 Å². The van der Waals surface area contributed by atoms with Crippen molar-refractivity contribution in [1.82, 2.24) is 0 Å². The van der Waals surface area contributed by atoms with Crippen molar-refractivity contribution in [2.45, 2.75) is 41.0 Å². The van der Waals surface area contributed by atoms with Crippen LogP contribution < -0.4 is 0 Å². The molecule has 0 radical (unpaired) electrons. The molecule has 1 rings (SSSR count). The molecule has 0 N–H and O–H groups in total. The predicted molar refractivity (Wildman–Crippen MR) is 60.9 cm³/mol. The van der Waals surface area contributed by atoms with Crippen LogP contribution in [-0.2, 0) is 0 Å². The molecular weight excluding hydrogens is 232 g/mol. The number of hydrogen-bond acceptors (Lipinski definition) is 0. The van der Waals surface area contributed by atoms with E-state index >= 15 is 0 Å². The molecule has 0 aliphatic rings. The van der Waals surface area contributed by atoms with Crippen LogP contribution in [0.25, 0.3) is 0 Å². The van der Waals surface area contributed by atoms with Gasteiger partial charge in [-0.15, -0.1) is 0 Å². The van der Waals surface area contributed by atoms with Crippen LogP contribution in [0.2, 0.25) is 0 Å². The molecule has 0 heterocycles. The summed E-state index contributed by atoms with van der Waals surface area (Å²) in [4.78, 5) is 0. The van der Waals surface area contributed by atoms with Crippen molar-refractivity contribution in [3.8, 4) is 0 Å². The second-order valence-electron chi connectivity index (χ2n) is 4.31. The molecule has 0 nitrogen and oxygen atoms in total. The van der Waals surface area contributed by atoms with Crippen molar-refractivity contribution in [1.29, 1.82) is 0 Å². The van der Waals surface area contributed by atoms with Gasteiger partial charge in [-0.1, -0.05) is 27.2 Å². The highest BCUT2D eigenvalue weighted by atomic mass is 19.2. The molecule has 0 saturated heterocycles. The average molecular weight is 250 g/mol. The monoisotopic (exact) mass is 250 g/mol. The Balaban J connectivity index is 0.000000437. The highest BCUT2D eigenvalue weighted by Gasteiger charge is 2.19. The summed E-state index contributed by atoms with van der Waals surface area (Å²) in [6.07, 6.45) is 1.31. The van der Waals surface area contributed by atoms with Crippen molar-refractivity contribution < 1.29 is 17.6 Å². The van der Waals surface area contributed by atoms with Gasteiger partial charge in [0.2, 0.25) is 0 Å². The minimum atomic E-state index is -1.33. The molecule has 0 atom stereocenters. The fraction of sp³-hybridized carbons (Fsp3) is 0.538. The topological polar surface area (TPSA) is 0 Å². The first-order valence-corrected chi connectivity index (χ1v) is 5.53. The number of hydrogen-bond donors (Lipinski definition) is 0. The van der Waals surface area contributed by atoms with E-state index in [2.05, 4.69) is 20.8 Å². The van der Waals surface area contributed by atoms with E-state index in [0.717, 1.165) is 19.8 Å². The number of halogens is 4. The summed E-state index contributed by atoms with van der Waals surface area (Å²) in [5, 5.41) is 0. The highest BCUT2D eigenvalue weighted by molar-refractivity contribution is 5.27. The zero-order valence-corrected chi connectivity index (χ0v) is 10.8. The minimum absolute atomic E-state index is 0.629. The van der Waals surface area contributed by atoms with E-state index in [0.29, 0.717) is 0 Å². The second-order valence-corrected chi connectivity index (χ2v) is 4.31. The summed E-state index contributed by atoms with van der Waals surface area (Å²) < 4.78 is 50.6. The van der Waals surface area contributed by atoms with Crippen LogP contribution in [0.15, 0.2) is 0 Å². The Morgan fingerprint density at radius 2 is 0.941 bits per heavy atom. The average Bonchev–Trinajstić information content (AvgIpc) is 2.32. The number of benzene rings is 1. The normalized spacial score (nSPS) is 10.2. The first kappa shape index (κ1) is 15.9. The molecule has 98 valence electrons. The molecule has 0 saturated carbocycles. The summed E-state index contributed by atoms with van der Waals surface area (Å²) in [5.41, 5.74) is -1.26. The lowest BCUT2D eigenvalue weighted by atomic mass is 10.1. The van der Waals surface area contributed by atoms with Crippen LogP contribution in [0.4, 0.5) is 17.6 Å². The minimum Gasteiger partial charge on any atom is -0.203 e. The van der Waals surface area contributed by atoms with Gasteiger partial charge in [-0.25, -0.2) is 17.6 Å². The molecule has 0 fully saturated rings. The van der Waals surface area contributed by atoms with Crippen LogP contribution in [0.5, 0.6) is 0 Å². The standard InChI is InChI=1S/C8H6F4.C5H12/c1-3-5(9)7(11)4(2)8(12)6(3)10;1-4-5(2)3/h1-2H3;5H,4H2,1-3H3. The van der Waals surface area contributed by atoms with E-state index < -0.39 is 34.4 Å². The van der Waals surface area contributed by atoms with Crippen molar-refractivity contribution in [3.63, 3.8) is 0 Å². The summed E-state index contributed by atoms with van der Waals surface area (Å²) in [5.74, 6) is -4.43. The molecule has 17 heavy (non-hydrogen) atoms. The first-order valence-electron chi connectivity index (χ1n) is 5.53. The lowest BCUT2D eigenvalue weighted by Crippen LogP contribution is -2.02.